The lowest BCUT2D eigenvalue weighted by Gasteiger charge is -2.25. The van der Waals surface area contributed by atoms with E-state index in [1.54, 1.807) is 6.92 Å². The standard InChI is InChI=1S/C13H18BrNO2/c1-3-6-15(7-8-16)13-5-4-11(14)9-12(13)10(2)17/h4-5,9,16H,3,6-8H2,1-2H3. The number of benzene rings is 1. The van der Waals surface area contributed by atoms with Gasteiger partial charge in [-0.2, -0.15) is 0 Å². The number of nitrogens with zero attached hydrogens (tertiary/aromatic N) is 1. The van der Waals surface area contributed by atoms with E-state index in [1.165, 1.54) is 0 Å². The molecule has 1 aromatic rings. The maximum Gasteiger partial charge on any atom is 0.161 e. The number of halogens is 1. The van der Waals surface area contributed by atoms with Crippen molar-refractivity contribution < 1.29 is 9.90 Å². The molecule has 1 aromatic carbocycles. The summed E-state index contributed by atoms with van der Waals surface area (Å²) in [7, 11) is 0. The van der Waals surface area contributed by atoms with E-state index in [0.717, 1.165) is 23.1 Å². The molecule has 0 atom stereocenters. The Morgan fingerprint density at radius 3 is 2.65 bits per heavy atom. The zero-order chi connectivity index (χ0) is 12.8. The van der Waals surface area contributed by atoms with Crippen LogP contribution in [-0.2, 0) is 0 Å². The van der Waals surface area contributed by atoms with Gasteiger partial charge in [0, 0.05) is 28.8 Å². The van der Waals surface area contributed by atoms with Crippen LogP contribution in [-0.4, -0.2) is 30.6 Å². The van der Waals surface area contributed by atoms with Crippen molar-refractivity contribution in [3.63, 3.8) is 0 Å². The highest BCUT2D eigenvalue weighted by Crippen LogP contribution is 2.25. The van der Waals surface area contributed by atoms with Crippen molar-refractivity contribution in [1.29, 1.82) is 0 Å². The van der Waals surface area contributed by atoms with Gasteiger partial charge in [-0.1, -0.05) is 22.9 Å². The van der Waals surface area contributed by atoms with Crippen LogP contribution in [0.3, 0.4) is 0 Å². The quantitative estimate of drug-likeness (QED) is 0.821. The van der Waals surface area contributed by atoms with Gasteiger partial charge in [-0.05, 0) is 31.5 Å². The van der Waals surface area contributed by atoms with Gasteiger partial charge in [0.25, 0.3) is 0 Å². The summed E-state index contributed by atoms with van der Waals surface area (Å²) in [4.78, 5) is 13.7. The third-order valence-corrected chi connectivity index (χ3v) is 3.04. The molecule has 0 unspecified atom stereocenters. The van der Waals surface area contributed by atoms with Crippen LogP contribution in [0.25, 0.3) is 0 Å². The molecule has 0 radical (unpaired) electrons. The fourth-order valence-corrected chi connectivity index (χ4v) is 2.17. The van der Waals surface area contributed by atoms with Gasteiger partial charge in [-0.25, -0.2) is 0 Å². The average molecular weight is 300 g/mol. The van der Waals surface area contributed by atoms with Crippen LogP contribution >= 0.6 is 15.9 Å². The number of anilines is 1. The summed E-state index contributed by atoms with van der Waals surface area (Å²) in [5, 5.41) is 9.07. The second kappa shape index (κ2) is 6.77. The van der Waals surface area contributed by atoms with Crippen LogP contribution in [0.4, 0.5) is 5.69 Å². The first kappa shape index (κ1) is 14.2. The number of carbonyl (C=O) groups excluding carboxylic acids is 1. The third kappa shape index (κ3) is 3.82. The average Bonchev–Trinajstić information content (AvgIpc) is 2.28. The van der Waals surface area contributed by atoms with Gasteiger partial charge in [0.2, 0.25) is 0 Å². The second-order valence-corrected chi connectivity index (χ2v) is 4.84. The van der Waals surface area contributed by atoms with Crippen LogP contribution in [0.5, 0.6) is 0 Å². The first-order valence-corrected chi connectivity index (χ1v) is 6.55. The van der Waals surface area contributed by atoms with Gasteiger partial charge < -0.3 is 10.0 Å². The number of aliphatic hydroxyl groups is 1. The number of hydrogen-bond acceptors (Lipinski definition) is 3. The summed E-state index contributed by atoms with van der Waals surface area (Å²) >= 11 is 3.37. The molecule has 0 saturated carbocycles. The minimum Gasteiger partial charge on any atom is -0.395 e. The molecule has 4 heteroatoms. The molecule has 0 aliphatic carbocycles. The van der Waals surface area contributed by atoms with E-state index in [9.17, 15) is 4.79 Å². The molecule has 0 fully saturated rings. The van der Waals surface area contributed by atoms with E-state index >= 15 is 0 Å². The van der Waals surface area contributed by atoms with Crippen LogP contribution in [0, 0.1) is 0 Å². The van der Waals surface area contributed by atoms with Gasteiger partial charge in [0.05, 0.1) is 6.61 Å². The van der Waals surface area contributed by atoms with E-state index < -0.39 is 0 Å². The summed E-state index contributed by atoms with van der Waals surface area (Å²) in [5.41, 5.74) is 1.60. The number of carbonyl (C=O) groups is 1. The minimum atomic E-state index is 0.0420. The summed E-state index contributed by atoms with van der Waals surface area (Å²) in [5.74, 6) is 0.0420. The molecule has 0 spiro atoms. The highest BCUT2D eigenvalue weighted by molar-refractivity contribution is 9.10. The first-order chi connectivity index (χ1) is 8.10. The van der Waals surface area contributed by atoms with Crippen LogP contribution in [0.15, 0.2) is 22.7 Å². The van der Waals surface area contributed by atoms with E-state index in [2.05, 4.69) is 22.9 Å². The predicted molar refractivity (Wildman–Crippen MR) is 73.7 cm³/mol. The molecular formula is C13H18BrNO2. The molecule has 0 saturated heterocycles. The fraction of sp³-hybridized carbons (Fsp3) is 0.462. The smallest absolute Gasteiger partial charge is 0.161 e. The highest BCUT2D eigenvalue weighted by atomic mass is 79.9. The summed E-state index contributed by atoms with van der Waals surface area (Å²) in [6.45, 7) is 5.12. The van der Waals surface area contributed by atoms with Gasteiger partial charge >= 0.3 is 0 Å². The lowest BCUT2D eigenvalue weighted by Crippen LogP contribution is -2.28. The fourth-order valence-electron chi connectivity index (χ4n) is 1.81. The first-order valence-electron chi connectivity index (χ1n) is 5.76. The number of hydrogen-bond donors (Lipinski definition) is 1. The lowest BCUT2D eigenvalue weighted by molar-refractivity contribution is 0.101. The van der Waals surface area contributed by atoms with E-state index in [4.69, 9.17) is 5.11 Å². The number of rotatable bonds is 6. The number of Topliss-reactive ketones (excluding diaryl/α,β-unsaturated/α-hetero) is 1. The molecule has 17 heavy (non-hydrogen) atoms. The van der Waals surface area contributed by atoms with E-state index in [0.29, 0.717) is 12.1 Å². The normalized spacial score (nSPS) is 10.4. The Hall–Kier alpha value is -0.870. The topological polar surface area (TPSA) is 40.5 Å². The molecule has 94 valence electrons. The van der Waals surface area contributed by atoms with Gasteiger partial charge in [0.15, 0.2) is 5.78 Å². The van der Waals surface area contributed by atoms with Crippen LogP contribution < -0.4 is 4.90 Å². The Labute approximate surface area is 111 Å². The van der Waals surface area contributed by atoms with Crippen LogP contribution in [0.2, 0.25) is 0 Å². The Balaban J connectivity index is 3.12. The van der Waals surface area contributed by atoms with Crippen molar-refractivity contribution >= 4 is 27.4 Å². The molecule has 0 aliphatic rings. The summed E-state index contributed by atoms with van der Waals surface area (Å²) < 4.78 is 0.895. The highest BCUT2D eigenvalue weighted by Gasteiger charge is 2.13. The lowest BCUT2D eigenvalue weighted by atomic mass is 10.1. The SMILES string of the molecule is CCCN(CCO)c1ccc(Br)cc1C(C)=O. The Kier molecular flexibility index (Phi) is 5.65. The molecule has 0 aliphatic heterocycles. The molecule has 1 N–H and O–H groups in total. The second-order valence-electron chi connectivity index (χ2n) is 3.93. The van der Waals surface area contributed by atoms with Crippen molar-refractivity contribution in [2.75, 3.05) is 24.6 Å². The minimum absolute atomic E-state index is 0.0420. The monoisotopic (exact) mass is 299 g/mol. The summed E-state index contributed by atoms with van der Waals surface area (Å²) in [6.07, 6.45) is 0.980. The molecular weight excluding hydrogens is 282 g/mol. The molecule has 1 rings (SSSR count). The van der Waals surface area contributed by atoms with Crippen molar-refractivity contribution in [3.8, 4) is 0 Å². The van der Waals surface area contributed by atoms with Crippen molar-refractivity contribution in [1.82, 2.24) is 0 Å². The maximum absolute atomic E-state index is 11.6. The zero-order valence-electron chi connectivity index (χ0n) is 10.2. The van der Waals surface area contributed by atoms with Crippen molar-refractivity contribution in [2.45, 2.75) is 20.3 Å². The predicted octanol–water partition coefficient (Wildman–Crippen LogP) is 2.86. The van der Waals surface area contributed by atoms with Gasteiger partial charge in [0.1, 0.15) is 0 Å². The van der Waals surface area contributed by atoms with Gasteiger partial charge in [-0.15, -0.1) is 0 Å². The number of aliphatic hydroxyl groups excluding tert-OH is 1. The van der Waals surface area contributed by atoms with E-state index in [-0.39, 0.29) is 12.4 Å². The Bertz CT molecular complexity index is 387. The molecule has 0 aromatic heterocycles. The summed E-state index contributed by atoms with van der Waals surface area (Å²) in [6, 6.07) is 5.67. The van der Waals surface area contributed by atoms with E-state index in [1.807, 2.05) is 23.1 Å². The Morgan fingerprint density at radius 1 is 1.41 bits per heavy atom. The van der Waals surface area contributed by atoms with Gasteiger partial charge in [-0.3, -0.25) is 4.79 Å². The van der Waals surface area contributed by atoms with Crippen molar-refractivity contribution in [3.05, 3.63) is 28.2 Å². The largest absolute Gasteiger partial charge is 0.395 e. The molecule has 0 bridgehead atoms. The number of ketones is 1. The zero-order valence-corrected chi connectivity index (χ0v) is 11.8. The maximum atomic E-state index is 11.6. The third-order valence-electron chi connectivity index (χ3n) is 2.54. The Morgan fingerprint density at radius 2 is 2.12 bits per heavy atom. The van der Waals surface area contributed by atoms with Crippen LogP contribution in [0.1, 0.15) is 30.6 Å². The molecule has 0 heterocycles. The molecule has 0 amide bonds. The molecule has 3 nitrogen and oxygen atoms in total. The van der Waals surface area contributed by atoms with Crippen molar-refractivity contribution in [2.24, 2.45) is 0 Å².